The monoisotopic (exact) mass is 493 g/mol. The second-order valence-electron chi connectivity index (χ2n) is 8.15. The number of nitrogens with zero attached hydrogens (tertiary/aromatic N) is 3. The summed E-state index contributed by atoms with van der Waals surface area (Å²) in [6.45, 7) is 1.99. The number of fused-ring (bicyclic) bond motifs is 1. The number of aryl methyl sites for hydroxylation is 1. The van der Waals surface area contributed by atoms with Crippen LogP contribution >= 0.6 is 11.3 Å². The van der Waals surface area contributed by atoms with Crippen molar-refractivity contribution in [2.75, 3.05) is 5.01 Å². The molecule has 0 fully saturated rings. The lowest BCUT2D eigenvalue weighted by molar-refractivity contribution is 0.0985. The van der Waals surface area contributed by atoms with Crippen molar-refractivity contribution in [2.45, 2.75) is 6.92 Å². The van der Waals surface area contributed by atoms with Crippen LogP contribution in [0, 0.1) is 12.7 Å². The first-order valence-corrected chi connectivity index (χ1v) is 12.0. The van der Waals surface area contributed by atoms with Crippen molar-refractivity contribution in [2.24, 2.45) is 5.10 Å². The molecule has 0 unspecified atom stereocenters. The van der Waals surface area contributed by atoms with Crippen molar-refractivity contribution < 1.29 is 14.0 Å². The molecule has 5 nitrogen and oxygen atoms in total. The minimum absolute atomic E-state index is 0.123. The molecule has 0 saturated heterocycles. The van der Waals surface area contributed by atoms with Gasteiger partial charge in [-0.25, -0.2) is 9.37 Å². The fourth-order valence-electron chi connectivity index (χ4n) is 3.61. The van der Waals surface area contributed by atoms with Gasteiger partial charge in [-0.3, -0.25) is 9.59 Å². The first-order valence-electron chi connectivity index (χ1n) is 11.2. The molecule has 36 heavy (non-hydrogen) atoms. The molecule has 5 rings (SSSR count). The van der Waals surface area contributed by atoms with E-state index in [0.717, 1.165) is 15.8 Å². The molecule has 176 valence electrons. The number of hydrogen-bond acceptors (Lipinski definition) is 5. The summed E-state index contributed by atoms with van der Waals surface area (Å²) in [7, 11) is 0. The zero-order valence-corrected chi connectivity index (χ0v) is 20.1. The fraction of sp³-hybridized carbons (Fsp3) is 0.0345. The molecule has 0 atom stereocenters. The van der Waals surface area contributed by atoms with E-state index in [1.165, 1.54) is 34.7 Å². The molecule has 0 aliphatic carbocycles. The molecule has 0 aliphatic rings. The summed E-state index contributed by atoms with van der Waals surface area (Å²) in [4.78, 5) is 30.9. The lowest BCUT2D eigenvalue weighted by Crippen LogP contribution is -2.25. The van der Waals surface area contributed by atoms with Crippen LogP contribution in [-0.2, 0) is 0 Å². The molecule has 0 aliphatic heterocycles. The SMILES string of the molecule is Cc1ccc2nc(N(/N=C/c3ccc(F)cc3)C(=O)c3ccc(C(=O)c4ccccc4)cc3)sc2c1. The number of rotatable bonds is 6. The molecular formula is C29H20FN3O2S. The molecule has 0 radical (unpaired) electrons. The van der Waals surface area contributed by atoms with Crippen LogP contribution in [0.15, 0.2) is 102 Å². The van der Waals surface area contributed by atoms with Crippen molar-refractivity contribution in [1.82, 2.24) is 4.98 Å². The highest BCUT2D eigenvalue weighted by Gasteiger charge is 2.21. The Bertz CT molecular complexity index is 1580. The topological polar surface area (TPSA) is 62.6 Å². The van der Waals surface area contributed by atoms with Gasteiger partial charge < -0.3 is 0 Å². The van der Waals surface area contributed by atoms with E-state index >= 15 is 0 Å². The third-order valence-electron chi connectivity index (χ3n) is 5.53. The summed E-state index contributed by atoms with van der Waals surface area (Å²) in [6, 6.07) is 27.1. The van der Waals surface area contributed by atoms with Crippen LogP contribution in [-0.4, -0.2) is 22.9 Å². The van der Waals surface area contributed by atoms with E-state index < -0.39 is 5.91 Å². The Kier molecular flexibility index (Phi) is 6.47. The standard InChI is InChI=1S/C29H20FN3O2S/c1-19-7-16-25-26(17-19)36-29(32-25)33(31-18-20-8-14-24(30)15-9-20)28(35)23-12-10-22(11-13-23)27(34)21-5-3-2-4-6-21/h2-18H,1H3/b31-18+. The molecule has 5 aromatic rings. The number of carbonyl (C=O) groups is 2. The Morgan fingerprint density at radius 2 is 1.53 bits per heavy atom. The molecule has 0 N–H and O–H groups in total. The maximum Gasteiger partial charge on any atom is 0.280 e. The summed E-state index contributed by atoms with van der Waals surface area (Å²) in [5.41, 5.74) is 3.89. The zero-order valence-electron chi connectivity index (χ0n) is 19.3. The third kappa shape index (κ3) is 4.96. The second kappa shape index (κ2) is 10.0. The molecule has 0 spiro atoms. The highest BCUT2D eigenvalue weighted by molar-refractivity contribution is 7.22. The second-order valence-corrected chi connectivity index (χ2v) is 9.16. The average molecular weight is 494 g/mol. The van der Waals surface area contributed by atoms with Crippen LogP contribution in [0.5, 0.6) is 0 Å². The highest BCUT2D eigenvalue weighted by atomic mass is 32.1. The van der Waals surface area contributed by atoms with Crippen LogP contribution in [0.2, 0.25) is 0 Å². The molecule has 0 saturated carbocycles. The lowest BCUT2D eigenvalue weighted by atomic mass is 10.0. The van der Waals surface area contributed by atoms with Crippen LogP contribution < -0.4 is 5.01 Å². The maximum atomic E-state index is 13.5. The Hall–Kier alpha value is -4.49. The van der Waals surface area contributed by atoms with E-state index in [2.05, 4.69) is 10.1 Å². The Morgan fingerprint density at radius 3 is 2.25 bits per heavy atom. The molecule has 1 amide bonds. The third-order valence-corrected chi connectivity index (χ3v) is 6.52. The minimum atomic E-state index is -0.400. The van der Waals surface area contributed by atoms with Gasteiger partial charge in [-0.15, -0.1) is 0 Å². The van der Waals surface area contributed by atoms with Gasteiger partial charge in [0.1, 0.15) is 5.82 Å². The number of aromatic nitrogens is 1. The number of ketones is 1. The number of hydrazone groups is 1. The van der Waals surface area contributed by atoms with Crippen LogP contribution in [0.1, 0.15) is 37.4 Å². The van der Waals surface area contributed by atoms with E-state index in [-0.39, 0.29) is 11.6 Å². The number of halogens is 1. The van der Waals surface area contributed by atoms with E-state index in [0.29, 0.717) is 27.4 Å². The Balaban J connectivity index is 1.48. The number of benzene rings is 4. The Morgan fingerprint density at radius 1 is 0.861 bits per heavy atom. The number of hydrogen-bond donors (Lipinski definition) is 0. The first-order chi connectivity index (χ1) is 17.5. The van der Waals surface area contributed by atoms with Gasteiger partial charge in [-0.1, -0.05) is 72.0 Å². The van der Waals surface area contributed by atoms with Gasteiger partial charge in [-0.05, 0) is 54.4 Å². The molecule has 0 bridgehead atoms. The molecule has 7 heteroatoms. The molecule has 1 heterocycles. The number of anilines is 1. The number of carbonyl (C=O) groups excluding carboxylic acids is 2. The lowest BCUT2D eigenvalue weighted by Gasteiger charge is -2.14. The van der Waals surface area contributed by atoms with E-state index in [9.17, 15) is 14.0 Å². The van der Waals surface area contributed by atoms with Crippen molar-refractivity contribution in [1.29, 1.82) is 0 Å². The van der Waals surface area contributed by atoms with Gasteiger partial charge in [0.15, 0.2) is 5.78 Å². The smallest absolute Gasteiger partial charge is 0.280 e. The minimum Gasteiger partial charge on any atom is -0.289 e. The van der Waals surface area contributed by atoms with Crippen molar-refractivity contribution >= 4 is 44.6 Å². The average Bonchev–Trinajstić information content (AvgIpc) is 3.32. The largest absolute Gasteiger partial charge is 0.289 e. The predicted octanol–water partition coefficient (Wildman–Crippen LogP) is 6.66. The normalized spacial score (nSPS) is 11.2. The maximum absolute atomic E-state index is 13.5. The van der Waals surface area contributed by atoms with Gasteiger partial charge in [0.2, 0.25) is 5.13 Å². The van der Waals surface area contributed by atoms with E-state index in [1.807, 2.05) is 43.3 Å². The summed E-state index contributed by atoms with van der Waals surface area (Å²) in [5, 5.41) is 6.05. The first kappa shape index (κ1) is 23.3. The van der Waals surface area contributed by atoms with E-state index in [1.54, 1.807) is 48.5 Å². The van der Waals surface area contributed by atoms with Crippen molar-refractivity contribution in [3.8, 4) is 0 Å². The predicted molar refractivity (Wildman–Crippen MR) is 141 cm³/mol. The molecule has 4 aromatic carbocycles. The highest BCUT2D eigenvalue weighted by Crippen LogP contribution is 2.31. The van der Waals surface area contributed by atoms with Crippen LogP contribution in [0.3, 0.4) is 0 Å². The Labute approximate surface area is 211 Å². The molecule has 1 aromatic heterocycles. The van der Waals surface area contributed by atoms with Gasteiger partial charge in [0, 0.05) is 16.7 Å². The summed E-state index contributed by atoms with van der Waals surface area (Å²) in [6.07, 6.45) is 1.49. The van der Waals surface area contributed by atoms with Crippen molar-refractivity contribution in [3.05, 3.63) is 131 Å². The van der Waals surface area contributed by atoms with E-state index in [4.69, 9.17) is 0 Å². The van der Waals surface area contributed by atoms with Gasteiger partial charge >= 0.3 is 0 Å². The molecular weight excluding hydrogens is 473 g/mol. The number of amides is 1. The summed E-state index contributed by atoms with van der Waals surface area (Å²) < 4.78 is 14.2. The fourth-order valence-corrected chi connectivity index (χ4v) is 4.64. The summed E-state index contributed by atoms with van der Waals surface area (Å²) in [5.74, 6) is -0.878. The summed E-state index contributed by atoms with van der Waals surface area (Å²) >= 11 is 1.35. The quantitative estimate of drug-likeness (QED) is 0.151. The number of thiazole rings is 1. The van der Waals surface area contributed by atoms with Crippen molar-refractivity contribution in [3.63, 3.8) is 0 Å². The van der Waals surface area contributed by atoms with Crippen LogP contribution in [0.25, 0.3) is 10.2 Å². The van der Waals surface area contributed by atoms with Gasteiger partial charge in [0.25, 0.3) is 5.91 Å². The van der Waals surface area contributed by atoms with Crippen LogP contribution in [0.4, 0.5) is 9.52 Å². The van der Waals surface area contributed by atoms with Gasteiger partial charge in [-0.2, -0.15) is 10.1 Å². The van der Waals surface area contributed by atoms with Gasteiger partial charge in [0.05, 0.1) is 16.4 Å². The zero-order chi connectivity index (χ0) is 25.1.